The lowest BCUT2D eigenvalue weighted by Crippen LogP contribution is -2.45. The van der Waals surface area contributed by atoms with Crippen LogP contribution in [-0.4, -0.2) is 45.4 Å². The molecule has 2 amide bonds. The summed E-state index contributed by atoms with van der Waals surface area (Å²) in [5.74, 6) is 0.461. The lowest BCUT2D eigenvalue weighted by Gasteiger charge is -2.29. The van der Waals surface area contributed by atoms with Crippen molar-refractivity contribution in [2.24, 2.45) is 24.8 Å². The number of nitrogens with one attached hydrogen (secondary N) is 1. The zero-order valence-corrected chi connectivity index (χ0v) is 18.9. The van der Waals surface area contributed by atoms with Crippen LogP contribution in [-0.2, 0) is 22.1 Å². The van der Waals surface area contributed by atoms with Crippen molar-refractivity contribution in [2.75, 3.05) is 13.1 Å². The molecule has 162 valence electrons. The van der Waals surface area contributed by atoms with E-state index in [1.54, 1.807) is 4.90 Å². The summed E-state index contributed by atoms with van der Waals surface area (Å²) in [6.45, 7) is 12.9. The molecule has 7 heteroatoms. The molecule has 2 fully saturated rings. The number of carbonyl (C=O) groups is 2. The zero-order chi connectivity index (χ0) is 22.0. The van der Waals surface area contributed by atoms with Gasteiger partial charge in [0.1, 0.15) is 5.60 Å². The fourth-order valence-corrected chi connectivity index (χ4v) is 4.94. The van der Waals surface area contributed by atoms with E-state index >= 15 is 0 Å². The fraction of sp³-hybridized carbons (Fsp3) is 0.609. The lowest BCUT2D eigenvalue weighted by atomic mass is 9.95. The Morgan fingerprint density at radius 1 is 1.13 bits per heavy atom. The number of amides is 2. The van der Waals surface area contributed by atoms with Crippen molar-refractivity contribution in [3.8, 4) is 0 Å². The Labute approximate surface area is 177 Å². The first kappa shape index (κ1) is 20.7. The van der Waals surface area contributed by atoms with Crippen molar-refractivity contribution in [2.45, 2.75) is 52.7 Å². The minimum Gasteiger partial charge on any atom is -0.444 e. The van der Waals surface area contributed by atoms with Crippen LogP contribution < -0.4 is 5.32 Å². The highest BCUT2D eigenvalue weighted by Gasteiger charge is 2.61. The molecular weight excluding hydrogens is 380 g/mol. The van der Waals surface area contributed by atoms with Crippen molar-refractivity contribution >= 4 is 22.9 Å². The molecule has 30 heavy (non-hydrogen) atoms. The van der Waals surface area contributed by atoms with Crippen molar-refractivity contribution in [1.29, 1.82) is 0 Å². The van der Waals surface area contributed by atoms with Crippen LogP contribution in [0.3, 0.4) is 0 Å². The van der Waals surface area contributed by atoms with Gasteiger partial charge in [-0.25, -0.2) is 4.79 Å². The van der Waals surface area contributed by atoms with Gasteiger partial charge in [0.2, 0.25) is 5.91 Å². The summed E-state index contributed by atoms with van der Waals surface area (Å²) < 4.78 is 7.33. The smallest absolute Gasteiger partial charge is 0.410 e. The molecule has 4 rings (SSSR count). The highest BCUT2D eigenvalue weighted by atomic mass is 16.6. The van der Waals surface area contributed by atoms with Gasteiger partial charge >= 0.3 is 6.09 Å². The average molecular weight is 413 g/mol. The van der Waals surface area contributed by atoms with Crippen molar-refractivity contribution < 1.29 is 14.3 Å². The van der Waals surface area contributed by atoms with Gasteiger partial charge in [0, 0.05) is 31.4 Å². The van der Waals surface area contributed by atoms with Crippen molar-refractivity contribution in [1.82, 2.24) is 20.0 Å². The highest BCUT2D eigenvalue weighted by molar-refractivity contribution is 5.88. The highest BCUT2D eigenvalue weighted by Crippen LogP contribution is 2.52. The number of carbonyl (C=O) groups excluding carboxylic acids is 2. The van der Waals surface area contributed by atoms with E-state index in [9.17, 15) is 9.59 Å². The Morgan fingerprint density at radius 2 is 1.77 bits per heavy atom. The monoisotopic (exact) mass is 412 g/mol. The molecule has 0 spiro atoms. The maximum Gasteiger partial charge on any atom is 0.410 e. The molecule has 1 aliphatic heterocycles. The SMILES string of the molecule is Cc1cccc2c(C(C)(C)NC(=O)C3C4CN(C(=O)OC(C)(C)C)CC43)n(C)nc12. The molecular formula is C23H32N4O3. The molecule has 2 unspecified atom stereocenters. The predicted octanol–water partition coefficient (Wildman–Crippen LogP) is 3.35. The number of fused-ring (bicyclic) bond motifs is 2. The molecule has 2 aliphatic rings. The Morgan fingerprint density at radius 3 is 2.37 bits per heavy atom. The number of benzene rings is 1. The second kappa shape index (κ2) is 6.72. The number of likely N-dealkylation sites (tertiary alicyclic amines) is 1. The molecule has 0 bridgehead atoms. The van der Waals surface area contributed by atoms with Gasteiger partial charge < -0.3 is 15.0 Å². The Bertz CT molecular complexity index is 1010. The summed E-state index contributed by atoms with van der Waals surface area (Å²) >= 11 is 0. The lowest BCUT2D eigenvalue weighted by molar-refractivity contribution is -0.125. The third-order valence-electron chi connectivity index (χ3n) is 6.24. The van der Waals surface area contributed by atoms with E-state index in [0.717, 1.165) is 22.2 Å². The molecule has 7 nitrogen and oxygen atoms in total. The second-order valence-corrected chi connectivity index (χ2v) is 10.3. The first-order valence-corrected chi connectivity index (χ1v) is 10.6. The molecule has 2 heterocycles. The van der Waals surface area contributed by atoms with Crippen LogP contribution in [0.2, 0.25) is 0 Å². The summed E-state index contributed by atoms with van der Waals surface area (Å²) in [4.78, 5) is 27.1. The van der Waals surface area contributed by atoms with Crippen LogP contribution >= 0.6 is 0 Å². The van der Waals surface area contributed by atoms with Gasteiger partial charge in [-0.3, -0.25) is 9.48 Å². The van der Waals surface area contributed by atoms with Crippen molar-refractivity contribution in [3.05, 3.63) is 29.5 Å². The molecule has 1 aliphatic carbocycles. The van der Waals surface area contributed by atoms with Gasteiger partial charge in [-0.15, -0.1) is 0 Å². The number of ether oxygens (including phenoxy) is 1. The summed E-state index contributed by atoms with van der Waals surface area (Å²) in [5.41, 5.74) is 2.02. The van der Waals surface area contributed by atoms with Crippen LogP contribution in [0.5, 0.6) is 0 Å². The predicted molar refractivity (Wildman–Crippen MR) is 115 cm³/mol. The van der Waals surface area contributed by atoms with E-state index in [0.29, 0.717) is 13.1 Å². The summed E-state index contributed by atoms with van der Waals surface area (Å²) in [6.07, 6.45) is -0.286. The number of hydrogen-bond acceptors (Lipinski definition) is 4. The normalized spacial score (nSPS) is 23.4. The molecule has 1 saturated carbocycles. The molecule has 2 aromatic rings. The van der Waals surface area contributed by atoms with Gasteiger partial charge in [0.15, 0.2) is 0 Å². The van der Waals surface area contributed by atoms with Gasteiger partial charge in [-0.2, -0.15) is 5.10 Å². The standard InChI is InChI=1S/C23H32N4O3/c1-13-9-8-10-14-18(13)25-26(7)19(14)23(5,6)24-20(28)17-15-11-27(12-16(15)17)21(29)30-22(2,3)4/h8-10,15-17H,11-12H2,1-7H3,(H,24,28). The maximum absolute atomic E-state index is 13.1. The number of nitrogens with zero attached hydrogens (tertiary/aromatic N) is 3. The summed E-state index contributed by atoms with van der Waals surface area (Å²) in [7, 11) is 1.92. The number of aromatic nitrogens is 2. The second-order valence-electron chi connectivity index (χ2n) is 10.3. The number of piperidine rings is 1. The average Bonchev–Trinajstić information content (AvgIpc) is 2.94. The van der Waals surface area contributed by atoms with Crippen LogP contribution in [0.25, 0.3) is 10.9 Å². The largest absolute Gasteiger partial charge is 0.444 e. The molecule has 1 aromatic heterocycles. The molecule has 1 saturated heterocycles. The first-order valence-electron chi connectivity index (χ1n) is 10.6. The van der Waals surface area contributed by atoms with E-state index < -0.39 is 11.1 Å². The van der Waals surface area contributed by atoms with Gasteiger partial charge in [0.05, 0.1) is 16.7 Å². The maximum atomic E-state index is 13.1. The van der Waals surface area contributed by atoms with Crippen LogP contribution in [0, 0.1) is 24.7 Å². The quantitative estimate of drug-likeness (QED) is 0.839. The van der Waals surface area contributed by atoms with E-state index in [-0.39, 0.29) is 29.8 Å². The zero-order valence-electron chi connectivity index (χ0n) is 18.9. The van der Waals surface area contributed by atoms with Crippen molar-refractivity contribution in [3.63, 3.8) is 0 Å². The van der Waals surface area contributed by atoms with E-state index in [4.69, 9.17) is 4.74 Å². The van der Waals surface area contributed by atoms with Gasteiger partial charge in [-0.1, -0.05) is 18.2 Å². The number of aryl methyl sites for hydroxylation is 2. The molecule has 1 aromatic carbocycles. The summed E-state index contributed by atoms with van der Waals surface area (Å²) in [5, 5.41) is 8.98. The van der Waals surface area contributed by atoms with E-state index in [2.05, 4.69) is 16.5 Å². The minimum absolute atomic E-state index is 0.0378. The van der Waals surface area contributed by atoms with Gasteiger partial charge in [-0.05, 0) is 58.9 Å². The molecule has 2 atom stereocenters. The third kappa shape index (κ3) is 3.55. The number of hydrogen-bond donors (Lipinski definition) is 1. The fourth-order valence-electron chi connectivity index (χ4n) is 4.94. The molecule has 0 radical (unpaired) electrons. The van der Waals surface area contributed by atoms with E-state index in [1.807, 2.05) is 65.4 Å². The van der Waals surface area contributed by atoms with Gasteiger partial charge in [0.25, 0.3) is 0 Å². The van der Waals surface area contributed by atoms with Crippen LogP contribution in [0.15, 0.2) is 18.2 Å². The minimum atomic E-state index is -0.559. The van der Waals surface area contributed by atoms with Crippen LogP contribution in [0.4, 0.5) is 4.79 Å². The Kier molecular flexibility index (Phi) is 4.64. The van der Waals surface area contributed by atoms with Crippen LogP contribution in [0.1, 0.15) is 45.9 Å². The molecule has 1 N–H and O–H groups in total. The third-order valence-corrected chi connectivity index (χ3v) is 6.24. The number of rotatable bonds is 3. The Balaban J connectivity index is 1.43. The first-order chi connectivity index (χ1) is 13.9. The summed E-state index contributed by atoms with van der Waals surface area (Å²) in [6, 6.07) is 6.13. The van der Waals surface area contributed by atoms with E-state index in [1.165, 1.54) is 0 Å². The Hall–Kier alpha value is -2.57. The topological polar surface area (TPSA) is 76.5 Å².